The van der Waals surface area contributed by atoms with Gasteiger partial charge in [0.25, 0.3) is 0 Å². The molecule has 1 aliphatic carbocycles. The smallest absolute Gasteiger partial charge is 0.0167 e. The van der Waals surface area contributed by atoms with Crippen molar-refractivity contribution >= 4 is 0 Å². The largest absolute Gasteiger partial charge is 0.303 e. The van der Waals surface area contributed by atoms with E-state index in [4.69, 9.17) is 0 Å². The average molecular weight is 215 g/mol. The van der Waals surface area contributed by atoms with Crippen LogP contribution in [0.4, 0.5) is 0 Å². The minimum Gasteiger partial charge on any atom is -0.303 e. The van der Waals surface area contributed by atoms with Gasteiger partial charge in [0.15, 0.2) is 0 Å². The van der Waals surface area contributed by atoms with Gasteiger partial charge in [0.1, 0.15) is 0 Å². The number of fused-ring (bicyclic) bond motifs is 4. The second kappa shape index (κ2) is 3.33. The van der Waals surface area contributed by atoms with E-state index in [1.165, 1.54) is 19.4 Å². The first-order valence-corrected chi connectivity index (χ1v) is 6.41. The lowest BCUT2D eigenvalue weighted by molar-refractivity contribution is 0.0508. The summed E-state index contributed by atoms with van der Waals surface area (Å²) in [4.78, 5) is 2.56. The Morgan fingerprint density at radius 1 is 1.31 bits per heavy atom. The van der Waals surface area contributed by atoms with Gasteiger partial charge in [-0.05, 0) is 48.9 Å². The van der Waals surface area contributed by atoms with Crippen LogP contribution < -0.4 is 0 Å². The zero-order valence-corrected chi connectivity index (χ0v) is 10.5. The van der Waals surface area contributed by atoms with Crippen LogP contribution in [0.5, 0.6) is 0 Å². The fraction of sp³-hybridized carbons (Fsp3) is 0.600. The van der Waals surface area contributed by atoms with Crippen molar-refractivity contribution in [1.29, 1.82) is 0 Å². The molecule has 3 rings (SSSR count). The molecule has 0 saturated carbocycles. The van der Waals surface area contributed by atoms with Crippen LogP contribution >= 0.6 is 0 Å². The second-order valence-corrected chi connectivity index (χ2v) is 5.87. The van der Waals surface area contributed by atoms with E-state index in [2.05, 4.69) is 50.1 Å². The molecule has 0 radical (unpaired) electrons. The molecule has 0 amide bonds. The zero-order chi connectivity index (χ0) is 11.3. The molecule has 1 nitrogen and oxygen atoms in total. The SMILES string of the molecule is C[C@H]1C2Cc3ccccc3[C@@]1(C)CCN2C. The molecule has 86 valence electrons. The molecule has 1 aromatic rings. The Labute approximate surface area is 98.5 Å². The first-order chi connectivity index (χ1) is 7.63. The first kappa shape index (κ1) is 10.3. The molecule has 0 N–H and O–H groups in total. The molecule has 0 spiro atoms. The van der Waals surface area contributed by atoms with Crippen LogP contribution in [-0.2, 0) is 11.8 Å². The highest BCUT2D eigenvalue weighted by Gasteiger charge is 2.46. The number of likely N-dealkylation sites (tertiary alicyclic amines) is 1. The van der Waals surface area contributed by atoms with Gasteiger partial charge in [-0.3, -0.25) is 0 Å². The van der Waals surface area contributed by atoms with E-state index in [-0.39, 0.29) is 0 Å². The Morgan fingerprint density at radius 2 is 2.06 bits per heavy atom. The van der Waals surface area contributed by atoms with Crippen LogP contribution in [-0.4, -0.2) is 24.5 Å². The fourth-order valence-corrected chi connectivity index (χ4v) is 3.80. The summed E-state index contributed by atoms with van der Waals surface area (Å²) >= 11 is 0. The number of hydrogen-bond acceptors (Lipinski definition) is 1. The first-order valence-electron chi connectivity index (χ1n) is 6.41. The van der Waals surface area contributed by atoms with Crippen molar-refractivity contribution in [3.8, 4) is 0 Å². The summed E-state index contributed by atoms with van der Waals surface area (Å²) in [5.41, 5.74) is 3.61. The van der Waals surface area contributed by atoms with Gasteiger partial charge in [0.05, 0.1) is 0 Å². The normalized spacial score (nSPS) is 38.2. The molecular formula is C15H21N. The second-order valence-electron chi connectivity index (χ2n) is 5.87. The quantitative estimate of drug-likeness (QED) is 0.643. The van der Waals surface area contributed by atoms with Crippen molar-refractivity contribution in [2.75, 3.05) is 13.6 Å². The maximum atomic E-state index is 2.56. The third-order valence-electron chi connectivity index (χ3n) is 5.19. The topological polar surface area (TPSA) is 3.24 Å². The number of piperidine rings is 1. The molecule has 2 aliphatic rings. The molecule has 1 heterocycles. The van der Waals surface area contributed by atoms with Crippen LogP contribution in [0.3, 0.4) is 0 Å². The minimum absolute atomic E-state index is 0.409. The lowest BCUT2D eigenvalue weighted by Gasteiger charge is -2.53. The summed E-state index contributed by atoms with van der Waals surface area (Å²) in [6.07, 6.45) is 2.54. The monoisotopic (exact) mass is 215 g/mol. The Morgan fingerprint density at radius 3 is 2.88 bits per heavy atom. The molecule has 1 unspecified atom stereocenters. The maximum absolute atomic E-state index is 2.56. The zero-order valence-electron chi connectivity index (χ0n) is 10.5. The van der Waals surface area contributed by atoms with Crippen molar-refractivity contribution in [1.82, 2.24) is 4.90 Å². The molecule has 0 aromatic heterocycles. The fourth-order valence-electron chi connectivity index (χ4n) is 3.80. The Hall–Kier alpha value is -0.820. The number of rotatable bonds is 0. The van der Waals surface area contributed by atoms with Crippen LogP contribution in [0, 0.1) is 5.92 Å². The van der Waals surface area contributed by atoms with E-state index in [1.54, 1.807) is 11.1 Å². The molecule has 1 saturated heterocycles. The summed E-state index contributed by atoms with van der Waals surface area (Å²) in [6.45, 7) is 6.16. The van der Waals surface area contributed by atoms with Crippen molar-refractivity contribution in [3.05, 3.63) is 35.4 Å². The Balaban J connectivity index is 2.15. The molecule has 3 atom stereocenters. The van der Waals surface area contributed by atoms with E-state index in [1.807, 2.05) is 0 Å². The van der Waals surface area contributed by atoms with Gasteiger partial charge in [-0.1, -0.05) is 38.1 Å². The highest BCUT2D eigenvalue weighted by atomic mass is 15.1. The van der Waals surface area contributed by atoms with Gasteiger partial charge in [-0.2, -0.15) is 0 Å². The van der Waals surface area contributed by atoms with Crippen molar-refractivity contribution in [2.45, 2.75) is 38.1 Å². The Kier molecular flexibility index (Phi) is 2.16. The predicted octanol–water partition coefficient (Wildman–Crippen LogP) is 2.84. The molecule has 1 aromatic carbocycles. The lowest BCUT2D eigenvalue weighted by atomic mass is 9.59. The molecule has 2 bridgehead atoms. The van der Waals surface area contributed by atoms with Gasteiger partial charge >= 0.3 is 0 Å². The van der Waals surface area contributed by atoms with Crippen LogP contribution in [0.2, 0.25) is 0 Å². The average Bonchev–Trinajstić information content (AvgIpc) is 2.29. The standard InChI is InChI=1S/C15H21N/c1-11-14-10-12-6-4-5-7-13(12)15(11,2)8-9-16(14)3/h4-7,11,14H,8-10H2,1-3H3/t11-,14?,15-/m0/s1. The molecule has 1 aliphatic heterocycles. The highest BCUT2D eigenvalue weighted by Crippen LogP contribution is 2.47. The molecular weight excluding hydrogens is 194 g/mol. The van der Waals surface area contributed by atoms with Gasteiger partial charge in [-0.15, -0.1) is 0 Å². The van der Waals surface area contributed by atoms with E-state index in [0.717, 1.165) is 12.0 Å². The molecule has 16 heavy (non-hydrogen) atoms. The van der Waals surface area contributed by atoms with Gasteiger partial charge in [0, 0.05) is 6.04 Å². The number of nitrogens with zero attached hydrogens (tertiary/aromatic N) is 1. The Bertz CT molecular complexity index is 412. The van der Waals surface area contributed by atoms with E-state index >= 15 is 0 Å². The molecule has 1 fully saturated rings. The van der Waals surface area contributed by atoms with Crippen molar-refractivity contribution in [3.63, 3.8) is 0 Å². The number of hydrogen-bond donors (Lipinski definition) is 0. The highest BCUT2D eigenvalue weighted by molar-refractivity contribution is 5.39. The third-order valence-corrected chi connectivity index (χ3v) is 5.19. The predicted molar refractivity (Wildman–Crippen MR) is 67.7 cm³/mol. The summed E-state index contributed by atoms with van der Waals surface area (Å²) in [5, 5.41) is 0. The van der Waals surface area contributed by atoms with Crippen molar-refractivity contribution in [2.24, 2.45) is 5.92 Å². The minimum atomic E-state index is 0.409. The van der Waals surface area contributed by atoms with Gasteiger partial charge in [-0.25, -0.2) is 0 Å². The van der Waals surface area contributed by atoms with Gasteiger partial charge < -0.3 is 4.90 Å². The van der Waals surface area contributed by atoms with Crippen LogP contribution in [0.15, 0.2) is 24.3 Å². The summed E-state index contributed by atoms with van der Waals surface area (Å²) in [5.74, 6) is 0.779. The summed E-state index contributed by atoms with van der Waals surface area (Å²) < 4.78 is 0. The summed E-state index contributed by atoms with van der Waals surface area (Å²) in [6, 6.07) is 9.82. The van der Waals surface area contributed by atoms with E-state index in [9.17, 15) is 0 Å². The van der Waals surface area contributed by atoms with Crippen LogP contribution in [0.1, 0.15) is 31.4 Å². The molecule has 1 heteroatoms. The lowest BCUT2D eigenvalue weighted by Crippen LogP contribution is -2.56. The number of likely N-dealkylation sites (N-methyl/N-ethyl adjacent to an activating group) is 1. The van der Waals surface area contributed by atoms with Gasteiger partial charge in [0.2, 0.25) is 0 Å². The number of benzene rings is 1. The van der Waals surface area contributed by atoms with E-state index in [0.29, 0.717) is 5.41 Å². The third kappa shape index (κ3) is 1.21. The van der Waals surface area contributed by atoms with E-state index < -0.39 is 0 Å². The maximum Gasteiger partial charge on any atom is 0.0167 e. The summed E-state index contributed by atoms with van der Waals surface area (Å²) in [7, 11) is 2.29. The van der Waals surface area contributed by atoms with Crippen molar-refractivity contribution < 1.29 is 0 Å². The van der Waals surface area contributed by atoms with Crippen LogP contribution in [0.25, 0.3) is 0 Å².